The molecule has 45 heavy (non-hydrogen) atoms. The molecule has 0 spiro atoms. The van der Waals surface area contributed by atoms with Crippen LogP contribution in [0.2, 0.25) is 0 Å². The van der Waals surface area contributed by atoms with Crippen molar-refractivity contribution in [2.24, 2.45) is 5.92 Å². The number of benzene rings is 2. The third-order valence-electron chi connectivity index (χ3n) is 7.89. The molecule has 248 valence electrons. The lowest BCUT2D eigenvalue weighted by Crippen LogP contribution is -2.47. The summed E-state index contributed by atoms with van der Waals surface area (Å²) < 4.78 is 33.4. The molecule has 3 N–H and O–H groups in total. The van der Waals surface area contributed by atoms with Gasteiger partial charge < -0.3 is 25.4 Å². The fourth-order valence-electron chi connectivity index (χ4n) is 5.56. The van der Waals surface area contributed by atoms with Crippen LogP contribution in [0.25, 0.3) is 0 Å². The maximum Gasteiger partial charge on any atom is 0.253 e. The predicted octanol–water partition coefficient (Wildman–Crippen LogP) is 3.71. The molecule has 0 aromatic heterocycles. The second-order valence-electron chi connectivity index (χ2n) is 11.9. The van der Waals surface area contributed by atoms with E-state index in [4.69, 9.17) is 4.74 Å². The number of halogens is 2. The molecule has 9 nitrogen and oxygen atoms in total. The van der Waals surface area contributed by atoms with E-state index in [9.17, 15) is 28.3 Å². The molecule has 1 aliphatic heterocycles. The quantitative estimate of drug-likeness (QED) is 0.261. The fourth-order valence-corrected chi connectivity index (χ4v) is 5.56. The van der Waals surface area contributed by atoms with Crippen LogP contribution in [-0.2, 0) is 16.0 Å². The highest BCUT2D eigenvalue weighted by Crippen LogP contribution is 2.18. The van der Waals surface area contributed by atoms with Crippen LogP contribution in [0.4, 0.5) is 8.78 Å². The summed E-state index contributed by atoms with van der Waals surface area (Å²) in [4.78, 5) is 43.6. The van der Waals surface area contributed by atoms with E-state index in [2.05, 4.69) is 15.5 Å². The van der Waals surface area contributed by atoms with Crippen LogP contribution < -0.4 is 10.6 Å². The lowest BCUT2D eigenvalue weighted by atomic mass is 9.93. The number of aryl methyl sites for hydroxylation is 1. The Kier molecular flexibility index (Phi) is 14.4. The summed E-state index contributed by atoms with van der Waals surface area (Å²) >= 11 is 0. The van der Waals surface area contributed by atoms with Crippen molar-refractivity contribution in [2.45, 2.75) is 65.5 Å². The van der Waals surface area contributed by atoms with Gasteiger partial charge in [0.1, 0.15) is 11.6 Å². The molecule has 0 unspecified atom stereocenters. The minimum Gasteiger partial charge on any atom is -0.391 e. The third-order valence-corrected chi connectivity index (χ3v) is 7.89. The van der Waals surface area contributed by atoms with Gasteiger partial charge in [-0.05, 0) is 74.1 Å². The normalized spacial score (nSPS) is 15.6. The van der Waals surface area contributed by atoms with Gasteiger partial charge in [0.15, 0.2) is 0 Å². The first-order valence-corrected chi connectivity index (χ1v) is 15.9. The smallest absolute Gasteiger partial charge is 0.253 e. The Bertz CT molecular complexity index is 1260. The average Bonchev–Trinajstić information content (AvgIpc) is 2.99. The number of aliphatic hydroxyl groups excluding tert-OH is 1. The minimum atomic E-state index is -1.21. The number of nitrogens with zero attached hydrogens (tertiary/aromatic N) is 2. The van der Waals surface area contributed by atoms with E-state index in [1.54, 1.807) is 30.9 Å². The highest BCUT2D eigenvalue weighted by molar-refractivity contribution is 6.00. The van der Waals surface area contributed by atoms with Gasteiger partial charge >= 0.3 is 0 Å². The number of hydrogen-bond donors (Lipinski definition) is 3. The van der Waals surface area contributed by atoms with Crippen molar-refractivity contribution in [2.75, 3.05) is 52.5 Å². The maximum atomic E-state index is 14.0. The molecule has 3 rings (SSSR count). The Labute approximate surface area is 265 Å². The standard InChI is InChI=1S/C34H48F2N4O5/c1-5-8-40(9-6-2)34(44)27-16-23(3)15-26(21-27)33(43)38-30(20-25-18-28(35)22-29(36)19-25)31(41)17-24(4)32(42)37-7-10-39-11-13-45-14-12-39/h15-16,18-19,21-22,24,30-31,41H,5-14,17,20H2,1-4H3,(H,37,42)(H,38,43)/t24-,30+,31+/m1/s1. The van der Waals surface area contributed by atoms with E-state index >= 15 is 0 Å². The zero-order chi connectivity index (χ0) is 32.9. The van der Waals surface area contributed by atoms with Gasteiger partial charge in [0.2, 0.25) is 5.91 Å². The predicted molar refractivity (Wildman–Crippen MR) is 169 cm³/mol. The second-order valence-corrected chi connectivity index (χ2v) is 11.9. The average molecular weight is 631 g/mol. The van der Waals surface area contributed by atoms with Crippen molar-refractivity contribution in [1.29, 1.82) is 0 Å². The first-order chi connectivity index (χ1) is 21.5. The van der Waals surface area contributed by atoms with Crippen LogP contribution in [0.1, 0.15) is 71.9 Å². The largest absolute Gasteiger partial charge is 0.391 e. The van der Waals surface area contributed by atoms with E-state index in [0.29, 0.717) is 50.5 Å². The van der Waals surface area contributed by atoms with Gasteiger partial charge in [0.25, 0.3) is 11.8 Å². The summed E-state index contributed by atoms with van der Waals surface area (Å²) in [7, 11) is 0. The fraction of sp³-hybridized carbons (Fsp3) is 0.559. The molecule has 1 saturated heterocycles. The van der Waals surface area contributed by atoms with Gasteiger partial charge in [0, 0.05) is 62.4 Å². The Morgan fingerprint density at radius 2 is 1.60 bits per heavy atom. The number of hydrogen-bond acceptors (Lipinski definition) is 6. The van der Waals surface area contributed by atoms with Gasteiger partial charge in [-0.2, -0.15) is 0 Å². The van der Waals surface area contributed by atoms with Crippen molar-refractivity contribution in [1.82, 2.24) is 20.4 Å². The maximum absolute atomic E-state index is 14.0. The monoisotopic (exact) mass is 630 g/mol. The summed E-state index contributed by atoms with van der Waals surface area (Å²) in [5, 5.41) is 17.0. The van der Waals surface area contributed by atoms with Crippen molar-refractivity contribution in [3.63, 3.8) is 0 Å². The third kappa shape index (κ3) is 11.5. The Hall–Kier alpha value is -3.41. The van der Waals surface area contributed by atoms with E-state index in [1.165, 1.54) is 6.07 Å². The number of rotatable bonds is 16. The number of aliphatic hydroxyl groups is 1. The van der Waals surface area contributed by atoms with Crippen molar-refractivity contribution < 1.29 is 33.0 Å². The molecule has 2 aromatic rings. The van der Waals surface area contributed by atoms with Crippen molar-refractivity contribution in [3.05, 3.63) is 70.3 Å². The molecule has 0 bridgehead atoms. The topological polar surface area (TPSA) is 111 Å². The van der Waals surface area contributed by atoms with Crippen LogP contribution in [0.15, 0.2) is 36.4 Å². The molecular weight excluding hydrogens is 582 g/mol. The van der Waals surface area contributed by atoms with Crippen molar-refractivity contribution >= 4 is 17.7 Å². The molecule has 1 heterocycles. The molecule has 2 aromatic carbocycles. The SMILES string of the molecule is CCCN(CCC)C(=O)c1cc(C)cc(C(=O)N[C@@H](Cc2cc(F)cc(F)c2)[C@@H](O)C[C@@H](C)C(=O)NCCN2CCOCC2)c1. The molecule has 0 radical (unpaired) electrons. The lowest BCUT2D eigenvalue weighted by Gasteiger charge is -2.28. The number of morpholine rings is 1. The molecule has 0 aliphatic carbocycles. The van der Waals surface area contributed by atoms with Crippen molar-refractivity contribution in [3.8, 4) is 0 Å². The van der Waals surface area contributed by atoms with Gasteiger partial charge in [-0.25, -0.2) is 8.78 Å². The Morgan fingerprint density at radius 3 is 2.22 bits per heavy atom. The van der Waals surface area contributed by atoms with Gasteiger partial charge in [-0.3, -0.25) is 19.3 Å². The van der Waals surface area contributed by atoms with E-state index in [1.807, 2.05) is 13.8 Å². The Balaban J connectivity index is 1.75. The highest BCUT2D eigenvalue weighted by Gasteiger charge is 2.28. The summed E-state index contributed by atoms with van der Waals surface area (Å²) in [6.07, 6.45) is 0.318. The lowest BCUT2D eigenvalue weighted by molar-refractivity contribution is -0.125. The number of carbonyl (C=O) groups excluding carboxylic acids is 3. The second kappa shape index (κ2) is 17.9. The summed E-state index contributed by atoms with van der Waals surface area (Å²) in [6, 6.07) is 6.98. The summed E-state index contributed by atoms with van der Waals surface area (Å²) in [6.45, 7) is 12.7. The number of nitrogens with one attached hydrogen (secondary N) is 2. The Morgan fingerprint density at radius 1 is 0.978 bits per heavy atom. The number of ether oxygens (including phenoxy) is 1. The first-order valence-electron chi connectivity index (χ1n) is 15.9. The van der Waals surface area contributed by atoms with Crippen LogP contribution in [0.3, 0.4) is 0 Å². The van der Waals surface area contributed by atoms with Gasteiger partial charge in [-0.15, -0.1) is 0 Å². The number of carbonyl (C=O) groups is 3. The molecule has 1 fully saturated rings. The minimum absolute atomic E-state index is 0.00663. The van der Waals surface area contributed by atoms with E-state index in [-0.39, 0.29) is 35.8 Å². The molecule has 1 aliphatic rings. The van der Waals surface area contributed by atoms with Crippen LogP contribution in [0.5, 0.6) is 0 Å². The number of amides is 3. The van der Waals surface area contributed by atoms with Gasteiger partial charge in [-0.1, -0.05) is 20.8 Å². The van der Waals surface area contributed by atoms with Gasteiger partial charge in [0.05, 0.1) is 25.4 Å². The highest BCUT2D eigenvalue weighted by atomic mass is 19.1. The molecular formula is C34H48F2N4O5. The van der Waals surface area contributed by atoms with E-state index in [0.717, 1.165) is 44.1 Å². The molecule has 3 atom stereocenters. The zero-order valence-corrected chi connectivity index (χ0v) is 26.9. The summed E-state index contributed by atoms with van der Waals surface area (Å²) in [5.41, 5.74) is 1.57. The molecule has 3 amide bonds. The van der Waals surface area contributed by atoms with Crippen LogP contribution >= 0.6 is 0 Å². The van der Waals surface area contributed by atoms with Crippen LogP contribution in [-0.4, -0.2) is 97.3 Å². The first kappa shape index (κ1) is 36.1. The molecule has 11 heteroatoms. The zero-order valence-electron chi connectivity index (χ0n) is 26.9. The van der Waals surface area contributed by atoms with Crippen LogP contribution in [0, 0.1) is 24.5 Å². The molecule has 0 saturated carbocycles. The summed E-state index contributed by atoms with van der Waals surface area (Å²) in [5.74, 6) is -3.11. The van der Waals surface area contributed by atoms with E-state index < -0.39 is 35.6 Å².